The summed E-state index contributed by atoms with van der Waals surface area (Å²) in [5.74, 6) is -0.318. The van der Waals surface area contributed by atoms with Gasteiger partial charge in [0.05, 0.1) is 4.47 Å². The van der Waals surface area contributed by atoms with Crippen LogP contribution in [0.15, 0.2) is 16.6 Å². The molecule has 0 atom stereocenters. The molecule has 1 rings (SSSR count). The van der Waals surface area contributed by atoms with E-state index in [9.17, 15) is 8.96 Å². The lowest BCUT2D eigenvalue weighted by Gasteiger charge is -2.11. The molecular formula is C9H11BrFOP. The molecule has 0 aromatic heterocycles. The van der Waals surface area contributed by atoms with E-state index in [1.54, 1.807) is 32.4 Å². The summed E-state index contributed by atoms with van der Waals surface area (Å²) in [4.78, 5) is 0. The van der Waals surface area contributed by atoms with Crippen molar-refractivity contribution in [2.75, 3.05) is 13.3 Å². The van der Waals surface area contributed by atoms with Crippen molar-refractivity contribution >= 4 is 28.4 Å². The van der Waals surface area contributed by atoms with Gasteiger partial charge < -0.3 is 4.57 Å². The van der Waals surface area contributed by atoms with Crippen LogP contribution in [-0.2, 0) is 4.57 Å². The molecule has 0 spiro atoms. The van der Waals surface area contributed by atoms with E-state index in [0.717, 1.165) is 0 Å². The van der Waals surface area contributed by atoms with Crippen molar-refractivity contribution in [3.63, 3.8) is 0 Å². The summed E-state index contributed by atoms with van der Waals surface area (Å²) in [5, 5.41) is 0.619. The maximum atomic E-state index is 13.4. The number of hydrogen-bond acceptors (Lipinski definition) is 1. The Hall–Kier alpha value is -0.140. The summed E-state index contributed by atoms with van der Waals surface area (Å²) in [5.41, 5.74) is 0.475. The molecular weight excluding hydrogens is 254 g/mol. The zero-order valence-corrected chi connectivity index (χ0v) is 10.2. The van der Waals surface area contributed by atoms with Crippen molar-refractivity contribution < 1.29 is 8.96 Å². The van der Waals surface area contributed by atoms with Crippen LogP contribution in [0.1, 0.15) is 5.56 Å². The third-order valence-electron chi connectivity index (χ3n) is 1.89. The largest absolute Gasteiger partial charge is 0.319 e. The Morgan fingerprint density at radius 2 is 1.92 bits per heavy atom. The second kappa shape index (κ2) is 3.55. The van der Waals surface area contributed by atoms with Crippen LogP contribution < -0.4 is 5.30 Å². The number of benzene rings is 1. The second-order valence-corrected chi connectivity index (χ2v) is 7.39. The molecule has 0 heterocycles. The lowest BCUT2D eigenvalue weighted by Crippen LogP contribution is -2.09. The first-order valence-electron chi connectivity index (χ1n) is 3.84. The fourth-order valence-corrected chi connectivity index (χ4v) is 2.99. The van der Waals surface area contributed by atoms with Crippen molar-refractivity contribution in [3.05, 3.63) is 28.0 Å². The van der Waals surface area contributed by atoms with E-state index in [4.69, 9.17) is 0 Å². The molecule has 0 saturated carbocycles. The average molecular weight is 265 g/mol. The third kappa shape index (κ3) is 2.21. The minimum Gasteiger partial charge on any atom is -0.319 e. The van der Waals surface area contributed by atoms with Gasteiger partial charge in [0.2, 0.25) is 0 Å². The van der Waals surface area contributed by atoms with Crippen LogP contribution in [0.3, 0.4) is 0 Å². The van der Waals surface area contributed by atoms with Gasteiger partial charge in [0.1, 0.15) is 13.0 Å². The normalized spacial score (nSPS) is 11.8. The number of rotatable bonds is 1. The van der Waals surface area contributed by atoms with Crippen LogP contribution in [0, 0.1) is 12.7 Å². The molecule has 0 aliphatic heterocycles. The molecule has 1 nitrogen and oxygen atoms in total. The molecule has 72 valence electrons. The molecule has 0 aliphatic rings. The van der Waals surface area contributed by atoms with E-state index >= 15 is 0 Å². The average Bonchev–Trinajstić information content (AvgIpc) is 1.98. The first-order valence-corrected chi connectivity index (χ1v) is 7.23. The summed E-state index contributed by atoms with van der Waals surface area (Å²) in [6, 6.07) is 3.31. The van der Waals surface area contributed by atoms with Crippen LogP contribution >= 0.6 is 23.1 Å². The molecule has 0 N–H and O–H groups in total. The van der Waals surface area contributed by atoms with Crippen molar-refractivity contribution in [3.8, 4) is 0 Å². The fraction of sp³-hybridized carbons (Fsp3) is 0.333. The summed E-state index contributed by atoms with van der Waals surface area (Å²) in [6.45, 7) is 4.93. The van der Waals surface area contributed by atoms with Gasteiger partial charge in [-0.25, -0.2) is 4.39 Å². The lowest BCUT2D eigenvalue weighted by molar-refractivity contribution is 0.586. The fourth-order valence-electron chi connectivity index (χ4n) is 1.23. The SMILES string of the molecule is Cc1c(P(C)(C)=O)ccc(Br)c1F. The van der Waals surface area contributed by atoms with E-state index in [1.807, 2.05) is 0 Å². The monoisotopic (exact) mass is 264 g/mol. The zero-order chi connectivity index (χ0) is 10.2. The molecule has 0 radical (unpaired) electrons. The summed E-state index contributed by atoms with van der Waals surface area (Å²) >= 11 is 3.08. The van der Waals surface area contributed by atoms with E-state index in [0.29, 0.717) is 15.3 Å². The lowest BCUT2D eigenvalue weighted by atomic mass is 10.2. The highest BCUT2D eigenvalue weighted by molar-refractivity contribution is 9.10. The smallest absolute Gasteiger partial charge is 0.141 e. The van der Waals surface area contributed by atoms with E-state index in [2.05, 4.69) is 15.9 Å². The van der Waals surface area contributed by atoms with Crippen LogP contribution in [0.25, 0.3) is 0 Å². The topological polar surface area (TPSA) is 17.1 Å². The maximum absolute atomic E-state index is 13.4. The van der Waals surface area contributed by atoms with Crippen molar-refractivity contribution in [1.29, 1.82) is 0 Å². The minimum atomic E-state index is -2.36. The van der Waals surface area contributed by atoms with Gasteiger partial charge in [0.15, 0.2) is 0 Å². The minimum absolute atomic E-state index is 0.318. The van der Waals surface area contributed by atoms with E-state index in [-0.39, 0.29) is 5.82 Å². The van der Waals surface area contributed by atoms with E-state index < -0.39 is 7.14 Å². The molecule has 0 amide bonds. The van der Waals surface area contributed by atoms with Crippen molar-refractivity contribution in [2.24, 2.45) is 0 Å². The molecule has 1 aromatic rings. The number of hydrogen-bond donors (Lipinski definition) is 0. The molecule has 0 aliphatic carbocycles. The Morgan fingerprint density at radius 3 is 2.38 bits per heavy atom. The van der Waals surface area contributed by atoms with Gasteiger partial charge in [-0.1, -0.05) is 0 Å². The molecule has 1 aromatic carbocycles. The van der Waals surface area contributed by atoms with Crippen LogP contribution in [0.4, 0.5) is 4.39 Å². The standard InChI is InChI=1S/C9H11BrFOP/c1-6-8(13(2,3)12)5-4-7(10)9(6)11/h4-5H,1-3H3. The Balaban J connectivity index is 3.44. The summed E-state index contributed by atoms with van der Waals surface area (Å²) in [6.07, 6.45) is 0. The Labute approximate surface area is 85.8 Å². The predicted molar refractivity (Wildman–Crippen MR) is 57.9 cm³/mol. The highest BCUT2D eigenvalue weighted by Gasteiger charge is 2.17. The first-order chi connectivity index (χ1) is 5.84. The van der Waals surface area contributed by atoms with Crippen LogP contribution in [0.2, 0.25) is 0 Å². The highest BCUT2D eigenvalue weighted by atomic mass is 79.9. The number of halogens is 2. The van der Waals surface area contributed by atoms with Crippen LogP contribution in [-0.4, -0.2) is 13.3 Å². The van der Waals surface area contributed by atoms with Crippen LogP contribution in [0.5, 0.6) is 0 Å². The molecule has 13 heavy (non-hydrogen) atoms. The summed E-state index contributed by atoms with van der Waals surface area (Å²) in [7, 11) is -2.36. The van der Waals surface area contributed by atoms with E-state index in [1.165, 1.54) is 0 Å². The zero-order valence-electron chi connectivity index (χ0n) is 7.77. The van der Waals surface area contributed by atoms with Gasteiger partial charge in [-0.15, -0.1) is 0 Å². The summed E-state index contributed by atoms with van der Waals surface area (Å²) < 4.78 is 25.5. The quantitative estimate of drug-likeness (QED) is 0.713. The maximum Gasteiger partial charge on any atom is 0.141 e. The third-order valence-corrected chi connectivity index (χ3v) is 4.15. The van der Waals surface area contributed by atoms with Gasteiger partial charge in [0, 0.05) is 5.30 Å². The Morgan fingerprint density at radius 1 is 1.38 bits per heavy atom. The Kier molecular flexibility index (Phi) is 2.98. The first kappa shape index (κ1) is 10.9. The van der Waals surface area contributed by atoms with Gasteiger partial charge in [-0.3, -0.25) is 0 Å². The molecule has 0 fully saturated rings. The molecule has 0 unspecified atom stereocenters. The predicted octanol–water partition coefficient (Wildman–Crippen LogP) is 3.14. The van der Waals surface area contributed by atoms with Gasteiger partial charge >= 0.3 is 0 Å². The van der Waals surface area contributed by atoms with Gasteiger partial charge in [-0.05, 0) is 53.9 Å². The molecule has 0 saturated heterocycles. The van der Waals surface area contributed by atoms with Crippen molar-refractivity contribution in [2.45, 2.75) is 6.92 Å². The highest BCUT2D eigenvalue weighted by Crippen LogP contribution is 2.37. The molecule has 4 heteroatoms. The van der Waals surface area contributed by atoms with Gasteiger partial charge in [-0.2, -0.15) is 0 Å². The molecule has 0 bridgehead atoms. The van der Waals surface area contributed by atoms with Crippen molar-refractivity contribution in [1.82, 2.24) is 0 Å². The second-order valence-electron chi connectivity index (χ2n) is 3.36. The Bertz CT molecular complexity index is 383. The van der Waals surface area contributed by atoms with Gasteiger partial charge in [0.25, 0.3) is 0 Å².